The number of fused-ring (bicyclic) bond motifs is 2. The van der Waals surface area contributed by atoms with Crippen LogP contribution in [0.15, 0.2) is 84.4 Å². The van der Waals surface area contributed by atoms with Crippen LogP contribution in [-0.2, 0) is 0 Å². The van der Waals surface area contributed by atoms with Crippen LogP contribution in [0.4, 0.5) is 45.5 Å². The highest BCUT2D eigenvalue weighted by atomic mass is 15.5. The molecule has 2 aliphatic rings. The Kier molecular flexibility index (Phi) is 8.32. The third-order valence-electron chi connectivity index (χ3n) is 10.9. The molecule has 0 saturated carbocycles. The molecule has 272 valence electrons. The van der Waals surface area contributed by atoms with Crippen molar-refractivity contribution in [3.63, 3.8) is 0 Å². The second-order valence-electron chi connectivity index (χ2n) is 15.1. The molecule has 0 fully saturated rings. The highest BCUT2D eigenvalue weighted by Crippen LogP contribution is 2.58. The molecule has 0 radical (unpaired) electrons. The maximum absolute atomic E-state index is 5.04. The monoisotopic (exact) mass is 712 g/mol. The van der Waals surface area contributed by atoms with Crippen LogP contribution < -0.4 is 19.6 Å². The van der Waals surface area contributed by atoms with E-state index in [1.54, 1.807) is 0 Å². The van der Waals surface area contributed by atoms with E-state index < -0.39 is 0 Å². The van der Waals surface area contributed by atoms with Gasteiger partial charge in [-0.2, -0.15) is 0 Å². The van der Waals surface area contributed by atoms with Gasteiger partial charge in [-0.3, -0.25) is 39.5 Å². The summed E-state index contributed by atoms with van der Waals surface area (Å²) in [5.41, 5.74) is 20.9. The van der Waals surface area contributed by atoms with E-state index in [1.165, 1.54) is 22.3 Å². The Morgan fingerprint density at radius 3 is 0.667 bits per heavy atom. The average Bonchev–Trinajstić information content (AvgIpc) is 3.56. The second kappa shape index (κ2) is 12.8. The number of hydrogen-bond donors (Lipinski definition) is 0. The number of hydrogen-bond acceptors (Lipinski definition) is 8. The van der Waals surface area contributed by atoms with Gasteiger partial charge in [0.15, 0.2) is 11.6 Å². The molecule has 8 rings (SSSR count). The van der Waals surface area contributed by atoms with E-state index in [4.69, 9.17) is 19.9 Å². The molecule has 0 aliphatic carbocycles. The van der Waals surface area contributed by atoms with Crippen molar-refractivity contribution < 1.29 is 0 Å². The Hall–Kier alpha value is -6.02. The van der Waals surface area contributed by atoms with Crippen molar-refractivity contribution in [2.24, 2.45) is 0 Å². The molecule has 0 spiro atoms. The van der Waals surface area contributed by atoms with Gasteiger partial charge in [-0.05, 0) is 178 Å². The third kappa shape index (κ3) is 5.51. The number of aromatic nitrogens is 4. The minimum Gasteiger partial charge on any atom is -0.289 e. The van der Waals surface area contributed by atoms with E-state index in [0.717, 1.165) is 103 Å². The van der Waals surface area contributed by atoms with Gasteiger partial charge in [0.2, 0.25) is 0 Å². The topological polar surface area (TPSA) is 64.5 Å². The SMILES string of the molecule is Cc1ccc(N2C(=C3N(c4ccc(C)nc4C)c4cc(C)c(C)cc4N3c3ccc(C)nc3C)N(c3ccc(C)nc3C)c3cc(C)c(C)cc32)c(C)n1. The van der Waals surface area contributed by atoms with Gasteiger partial charge >= 0.3 is 0 Å². The van der Waals surface area contributed by atoms with E-state index in [1.807, 2.05) is 0 Å². The molecule has 0 saturated heterocycles. The minimum atomic E-state index is 0.944. The van der Waals surface area contributed by atoms with Crippen molar-refractivity contribution in [1.82, 2.24) is 19.9 Å². The van der Waals surface area contributed by atoms with Gasteiger partial charge in [-0.15, -0.1) is 0 Å². The zero-order valence-corrected chi connectivity index (χ0v) is 33.5. The van der Waals surface area contributed by atoms with Gasteiger partial charge in [0, 0.05) is 22.8 Å². The molecule has 2 aromatic carbocycles. The van der Waals surface area contributed by atoms with E-state index in [0.29, 0.717) is 0 Å². The summed E-state index contributed by atoms with van der Waals surface area (Å²) < 4.78 is 0. The van der Waals surface area contributed by atoms with Crippen LogP contribution in [0, 0.1) is 83.1 Å². The molecule has 6 aromatic rings. The minimum absolute atomic E-state index is 0.944. The first-order valence-electron chi connectivity index (χ1n) is 18.7. The number of anilines is 8. The summed E-state index contributed by atoms with van der Waals surface area (Å²) in [7, 11) is 0. The van der Waals surface area contributed by atoms with Gasteiger partial charge in [-0.1, -0.05) is 0 Å². The molecule has 8 nitrogen and oxygen atoms in total. The van der Waals surface area contributed by atoms with Crippen LogP contribution in [0.3, 0.4) is 0 Å². The van der Waals surface area contributed by atoms with E-state index in [-0.39, 0.29) is 0 Å². The van der Waals surface area contributed by atoms with Crippen molar-refractivity contribution in [3.8, 4) is 0 Å². The standard InChI is InChI=1S/C46H48N8/c1-25-21-41-42(22-26(25)2)52(38-18-14-30(6)48-34(38)10)45(51(41)37-17-13-29(5)47-33(37)9)46-53(39-19-15-31(7)49-35(39)11)43-23-27(3)28(4)24-44(43)54(46)40-20-16-32(8)50-36(40)12/h13-24H,1-12H3. The summed E-state index contributed by atoms with van der Waals surface area (Å²) in [6.07, 6.45) is 0. The first-order valence-corrected chi connectivity index (χ1v) is 18.7. The smallest absolute Gasteiger partial charge is 0.166 e. The average molecular weight is 713 g/mol. The molecular formula is C46H48N8. The Balaban J connectivity index is 1.62. The van der Waals surface area contributed by atoms with Crippen molar-refractivity contribution in [2.75, 3.05) is 19.6 Å². The molecule has 0 bridgehead atoms. The number of benzene rings is 2. The number of pyridine rings is 4. The fourth-order valence-electron chi connectivity index (χ4n) is 7.98. The van der Waals surface area contributed by atoms with Gasteiger partial charge in [0.05, 0.1) is 68.3 Å². The quantitative estimate of drug-likeness (QED) is 0.179. The fourth-order valence-corrected chi connectivity index (χ4v) is 7.98. The maximum Gasteiger partial charge on any atom is 0.166 e. The lowest BCUT2D eigenvalue weighted by Gasteiger charge is -2.35. The zero-order valence-electron chi connectivity index (χ0n) is 33.5. The normalized spacial score (nSPS) is 13.7. The van der Waals surface area contributed by atoms with E-state index in [9.17, 15) is 0 Å². The number of rotatable bonds is 4. The molecule has 54 heavy (non-hydrogen) atoms. The predicted molar refractivity (Wildman–Crippen MR) is 222 cm³/mol. The van der Waals surface area contributed by atoms with Crippen molar-refractivity contribution >= 4 is 45.5 Å². The number of nitrogens with zero attached hydrogens (tertiary/aromatic N) is 8. The molecule has 8 heteroatoms. The summed E-state index contributed by atoms with van der Waals surface area (Å²) in [4.78, 5) is 29.8. The van der Waals surface area contributed by atoms with Crippen LogP contribution in [-0.4, -0.2) is 19.9 Å². The third-order valence-corrected chi connectivity index (χ3v) is 10.9. The van der Waals surface area contributed by atoms with Gasteiger partial charge in [0.1, 0.15) is 0 Å². The summed E-state index contributed by atoms with van der Waals surface area (Å²) in [5.74, 6) is 1.92. The van der Waals surface area contributed by atoms with Crippen molar-refractivity contribution in [1.29, 1.82) is 0 Å². The zero-order chi connectivity index (χ0) is 38.3. The highest BCUT2D eigenvalue weighted by molar-refractivity contribution is 6.01. The molecule has 6 heterocycles. The van der Waals surface area contributed by atoms with Crippen LogP contribution in [0.25, 0.3) is 0 Å². The molecule has 4 aromatic heterocycles. The maximum atomic E-state index is 5.04. The summed E-state index contributed by atoms with van der Waals surface area (Å²) >= 11 is 0. The van der Waals surface area contributed by atoms with Crippen molar-refractivity contribution in [2.45, 2.75) is 83.1 Å². The van der Waals surface area contributed by atoms with Gasteiger partial charge in [0.25, 0.3) is 0 Å². The fraction of sp³-hybridized carbons (Fsp3) is 0.261. The second-order valence-corrected chi connectivity index (χ2v) is 15.1. The first kappa shape index (κ1) is 35.0. The Labute approximate surface area is 319 Å². The summed E-state index contributed by atoms with van der Waals surface area (Å²) in [6.45, 7) is 25.4. The van der Waals surface area contributed by atoms with Crippen molar-refractivity contribution in [3.05, 3.63) is 152 Å². The first-order chi connectivity index (χ1) is 25.7. The lowest BCUT2D eigenvalue weighted by molar-refractivity contribution is 0.967. The molecular weight excluding hydrogens is 665 g/mol. The molecule has 0 unspecified atom stereocenters. The Bertz CT molecular complexity index is 2220. The Morgan fingerprint density at radius 2 is 0.481 bits per heavy atom. The lowest BCUT2D eigenvalue weighted by Crippen LogP contribution is -2.34. The van der Waals surface area contributed by atoms with E-state index >= 15 is 0 Å². The molecule has 2 aliphatic heterocycles. The van der Waals surface area contributed by atoms with E-state index in [2.05, 4.69) is 175 Å². The van der Waals surface area contributed by atoms with Crippen LogP contribution in [0.1, 0.15) is 67.8 Å². The van der Waals surface area contributed by atoms with Crippen LogP contribution in [0.2, 0.25) is 0 Å². The number of aryl methyl sites for hydroxylation is 12. The molecule has 0 N–H and O–H groups in total. The highest BCUT2D eigenvalue weighted by Gasteiger charge is 2.46. The summed E-state index contributed by atoms with van der Waals surface area (Å²) in [5, 5.41) is 0. The molecule has 0 amide bonds. The Morgan fingerprint density at radius 1 is 0.278 bits per heavy atom. The van der Waals surface area contributed by atoms with Crippen LogP contribution >= 0.6 is 0 Å². The molecule has 0 atom stereocenters. The van der Waals surface area contributed by atoms with Gasteiger partial charge in [-0.25, -0.2) is 0 Å². The van der Waals surface area contributed by atoms with Gasteiger partial charge < -0.3 is 0 Å². The largest absolute Gasteiger partial charge is 0.289 e. The summed E-state index contributed by atoms with van der Waals surface area (Å²) in [6, 6.07) is 26.6. The predicted octanol–water partition coefficient (Wildman–Crippen LogP) is 11.4. The van der Waals surface area contributed by atoms with Crippen LogP contribution in [0.5, 0.6) is 0 Å². The lowest BCUT2D eigenvalue weighted by atomic mass is 10.1.